The molecule has 3 aromatic rings. The number of hydrogen-bond acceptors (Lipinski definition) is 8. The van der Waals surface area contributed by atoms with Crippen LogP contribution in [0.15, 0.2) is 47.6 Å². The molecule has 0 atom stereocenters. The molecule has 2 heterocycles. The quantitative estimate of drug-likeness (QED) is 0.381. The molecule has 0 aliphatic heterocycles. The molecule has 0 amide bonds. The van der Waals surface area contributed by atoms with Gasteiger partial charge in [0.05, 0.1) is 16.8 Å². The second kappa shape index (κ2) is 7.78. The maximum atomic E-state index is 13.9. The van der Waals surface area contributed by atoms with E-state index in [-0.39, 0.29) is 24.1 Å². The van der Waals surface area contributed by atoms with Crippen molar-refractivity contribution in [3.05, 3.63) is 64.4 Å². The Balaban J connectivity index is 1.69. The lowest BCUT2D eigenvalue weighted by Crippen LogP contribution is -2.04. The molecule has 3 rings (SSSR count). The second-order valence-electron chi connectivity index (χ2n) is 5.05. The van der Waals surface area contributed by atoms with E-state index in [2.05, 4.69) is 19.8 Å². The average molecular weight is 376 g/mol. The number of para-hydroxylation sites is 1. The summed E-state index contributed by atoms with van der Waals surface area (Å²) in [4.78, 5) is 18.5. The van der Waals surface area contributed by atoms with Gasteiger partial charge in [-0.3, -0.25) is 14.8 Å². The lowest BCUT2D eigenvalue weighted by molar-refractivity contribution is -0.387. The van der Waals surface area contributed by atoms with Crippen molar-refractivity contribution in [2.75, 3.05) is 4.72 Å². The predicted molar refractivity (Wildman–Crippen MR) is 92.1 cm³/mol. The van der Waals surface area contributed by atoms with Gasteiger partial charge in [-0.1, -0.05) is 12.1 Å². The average Bonchev–Trinajstić information content (AvgIpc) is 3.05. The van der Waals surface area contributed by atoms with E-state index < -0.39 is 10.7 Å². The number of anilines is 1. The summed E-state index contributed by atoms with van der Waals surface area (Å²) in [6, 6.07) is 7.84. The second-order valence-corrected chi connectivity index (χ2v) is 5.90. The summed E-state index contributed by atoms with van der Waals surface area (Å²) in [7, 11) is 1.78. The fourth-order valence-corrected chi connectivity index (χ4v) is 2.71. The molecular formula is C15H13FN6O3S. The molecule has 0 saturated carbocycles. The number of nitrogens with zero attached hydrogens (tertiary/aromatic N) is 5. The van der Waals surface area contributed by atoms with E-state index in [9.17, 15) is 14.5 Å². The number of aryl methyl sites for hydroxylation is 1. The molecule has 0 fully saturated rings. The third-order valence-corrected chi connectivity index (χ3v) is 4.02. The van der Waals surface area contributed by atoms with Gasteiger partial charge in [0.2, 0.25) is 0 Å². The third kappa shape index (κ3) is 4.25. The SMILES string of the molecule is Cn1ccc(COc2ncc(F)c(NSc3ccccc3[N+](=O)[O-])n2)n1. The normalized spacial score (nSPS) is 10.5. The molecule has 0 saturated heterocycles. The largest absolute Gasteiger partial charge is 0.457 e. The maximum absolute atomic E-state index is 13.9. The van der Waals surface area contributed by atoms with Crippen LogP contribution in [0.3, 0.4) is 0 Å². The highest BCUT2D eigenvalue weighted by atomic mass is 32.2. The van der Waals surface area contributed by atoms with Crippen molar-refractivity contribution in [2.45, 2.75) is 11.5 Å². The summed E-state index contributed by atoms with van der Waals surface area (Å²) in [5.74, 6) is -0.847. The molecule has 9 nitrogen and oxygen atoms in total. The minimum Gasteiger partial charge on any atom is -0.457 e. The molecule has 0 spiro atoms. The van der Waals surface area contributed by atoms with Crippen molar-refractivity contribution in [2.24, 2.45) is 7.05 Å². The van der Waals surface area contributed by atoms with Gasteiger partial charge in [-0.15, -0.1) is 0 Å². The Morgan fingerprint density at radius 1 is 1.38 bits per heavy atom. The first-order chi connectivity index (χ1) is 12.5. The summed E-state index contributed by atoms with van der Waals surface area (Å²) in [6.45, 7) is 0.128. The van der Waals surface area contributed by atoms with Crippen molar-refractivity contribution in [1.82, 2.24) is 19.7 Å². The number of aromatic nitrogens is 4. The van der Waals surface area contributed by atoms with Crippen LogP contribution in [0.25, 0.3) is 0 Å². The number of benzene rings is 1. The van der Waals surface area contributed by atoms with Gasteiger partial charge >= 0.3 is 6.01 Å². The molecule has 0 aliphatic carbocycles. The van der Waals surface area contributed by atoms with E-state index in [1.54, 1.807) is 42.2 Å². The van der Waals surface area contributed by atoms with E-state index in [0.29, 0.717) is 10.6 Å². The van der Waals surface area contributed by atoms with E-state index in [1.807, 2.05) is 0 Å². The Kier molecular flexibility index (Phi) is 5.27. The van der Waals surface area contributed by atoms with Gasteiger partial charge in [0.1, 0.15) is 11.5 Å². The zero-order valence-corrected chi connectivity index (χ0v) is 14.3. The summed E-state index contributed by atoms with van der Waals surface area (Å²) in [5, 5.41) is 15.2. The Hall–Kier alpha value is -3.21. The highest BCUT2D eigenvalue weighted by Crippen LogP contribution is 2.30. The number of nitro benzene ring substituents is 1. The molecule has 2 aromatic heterocycles. The Bertz CT molecular complexity index is 935. The van der Waals surface area contributed by atoms with Crippen LogP contribution in [0.5, 0.6) is 6.01 Å². The fraction of sp³-hybridized carbons (Fsp3) is 0.133. The number of halogens is 1. The van der Waals surface area contributed by atoms with Gasteiger partial charge in [0.15, 0.2) is 11.6 Å². The van der Waals surface area contributed by atoms with Gasteiger partial charge in [0.25, 0.3) is 5.69 Å². The molecule has 0 radical (unpaired) electrons. The molecule has 26 heavy (non-hydrogen) atoms. The van der Waals surface area contributed by atoms with E-state index in [1.165, 1.54) is 6.07 Å². The van der Waals surface area contributed by atoms with Crippen molar-refractivity contribution in [3.63, 3.8) is 0 Å². The Morgan fingerprint density at radius 3 is 2.92 bits per heavy atom. The van der Waals surface area contributed by atoms with E-state index in [0.717, 1.165) is 18.1 Å². The van der Waals surface area contributed by atoms with Crippen LogP contribution in [-0.2, 0) is 13.7 Å². The van der Waals surface area contributed by atoms with Gasteiger partial charge in [-0.25, -0.2) is 9.37 Å². The molecule has 0 aliphatic rings. The van der Waals surface area contributed by atoms with Crippen molar-refractivity contribution < 1.29 is 14.1 Å². The van der Waals surface area contributed by atoms with Gasteiger partial charge in [-0.05, 0) is 24.1 Å². The zero-order valence-electron chi connectivity index (χ0n) is 13.5. The molecule has 0 bridgehead atoms. The highest BCUT2D eigenvalue weighted by Gasteiger charge is 2.15. The first kappa shape index (κ1) is 17.6. The molecule has 0 unspecified atom stereocenters. The van der Waals surface area contributed by atoms with E-state index in [4.69, 9.17) is 4.74 Å². The number of ether oxygens (including phenoxy) is 1. The fourth-order valence-electron chi connectivity index (χ4n) is 1.97. The number of hydrogen-bond donors (Lipinski definition) is 1. The third-order valence-electron chi connectivity index (χ3n) is 3.16. The van der Waals surface area contributed by atoms with Crippen LogP contribution in [0, 0.1) is 15.9 Å². The molecular weight excluding hydrogens is 363 g/mol. The topological polar surface area (TPSA) is 108 Å². The molecule has 134 valence electrons. The van der Waals surface area contributed by atoms with Crippen LogP contribution in [-0.4, -0.2) is 24.7 Å². The van der Waals surface area contributed by atoms with Crippen LogP contribution in [0.1, 0.15) is 5.69 Å². The van der Waals surface area contributed by atoms with Gasteiger partial charge in [-0.2, -0.15) is 10.1 Å². The number of nitrogens with one attached hydrogen (secondary N) is 1. The summed E-state index contributed by atoms with van der Waals surface area (Å²) in [6.07, 6.45) is 2.73. The lowest BCUT2D eigenvalue weighted by atomic mass is 10.3. The first-order valence-electron chi connectivity index (χ1n) is 7.33. The zero-order chi connectivity index (χ0) is 18.5. The van der Waals surface area contributed by atoms with Crippen molar-refractivity contribution in [3.8, 4) is 6.01 Å². The molecule has 11 heteroatoms. The smallest absolute Gasteiger partial charge is 0.318 e. The summed E-state index contributed by atoms with van der Waals surface area (Å²) >= 11 is 0.876. The van der Waals surface area contributed by atoms with Gasteiger partial charge < -0.3 is 9.46 Å². The van der Waals surface area contributed by atoms with Gasteiger partial charge in [0, 0.05) is 19.3 Å². The van der Waals surface area contributed by atoms with Crippen LogP contribution in [0.2, 0.25) is 0 Å². The highest BCUT2D eigenvalue weighted by molar-refractivity contribution is 8.00. The molecule has 1 N–H and O–H groups in total. The first-order valence-corrected chi connectivity index (χ1v) is 8.14. The number of nitro groups is 1. The minimum absolute atomic E-state index is 0.0392. The van der Waals surface area contributed by atoms with Crippen molar-refractivity contribution >= 4 is 23.5 Å². The van der Waals surface area contributed by atoms with Crippen LogP contribution >= 0.6 is 11.9 Å². The summed E-state index contributed by atoms with van der Waals surface area (Å²) in [5.41, 5.74) is 0.579. The Morgan fingerprint density at radius 2 is 2.19 bits per heavy atom. The predicted octanol–water partition coefficient (Wildman–Crippen LogP) is 2.96. The van der Waals surface area contributed by atoms with Crippen LogP contribution in [0.4, 0.5) is 15.9 Å². The lowest BCUT2D eigenvalue weighted by Gasteiger charge is -2.08. The Labute approximate surface area is 151 Å². The standard InChI is InChI=1S/C15H13FN6O3S/c1-21-7-6-10(19-21)9-25-15-17-8-11(16)14(18-15)20-26-13-5-3-2-4-12(13)22(23)24/h2-8H,9H2,1H3,(H,17,18,20). The number of rotatable bonds is 7. The maximum Gasteiger partial charge on any atom is 0.318 e. The van der Waals surface area contributed by atoms with E-state index >= 15 is 0 Å². The summed E-state index contributed by atoms with van der Waals surface area (Å²) < 4.78 is 23.6. The minimum atomic E-state index is -0.707. The monoisotopic (exact) mass is 376 g/mol. The molecule has 1 aromatic carbocycles. The van der Waals surface area contributed by atoms with Crippen molar-refractivity contribution in [1.29, 1.82) is 0 Å². The van der Waals surface area contributed by atoms with Crippen LogP contribution < -0.4 is 9.46 Å².